The lowest BCUT2D eigenvalue weighted by Crippen LogP contribution is -2.50. The van der Waals surface area contributed by atoms with Crippen LogP contribution in [0.5, 0.6) is 5.75 Å². The Morgan fingerprint density at radius 1 is 1.47 bits per heavy atom. The fraction of sp³-hybridized carbons (Fsp3) is 0.571. The molecule has 1 aromatic rings. The molecule has 0 aromatic heterocycles. The largest absolute Gasteiger partial charge is 0.497 e. The van der Waals surface area contributed by atoms with Gasteiger partial charge in [0.2, 0.25) is 0 Å². The predicted octanol–water partition coefficient (Wildman–Crippen LogP) is 1.88. The second-order valence-corrected chi connectivity index (χ2v) is 4.59. The normalized spacial score (nSPS) is 21.4. The van der Waals surface area contributed by atoms with Crippen molar-refractivity contribution in [1.29, 1.82) is 0 Å². The Kier molecular flexibility index (Phi) is 4.40. The third-order valence-corrected chi connectivity index (χ3v) is 3.46. The summed E-state index contributed by atoms with van der Waals surface area (Å²) >= 11 is 0. The van der Waals surface area contributed by atoms with Gasteiger partial charge in [0.1, 0.15) is 5.75 Å². The molecular formula is C14H22N2O. The van der Waals surface area contributed by atoms with Gasteiger partial charge in [-0.1, -0.05) is 19.1 Å². The van der Waals surface area contributed by atoms with Gasteiger partial charge in [0.15, 0.2) is 0 Å². The number of nitrogens with one attached hydrogen (secondary N) is 1. The summed E-state index contributed by atoms with van der Waals surface area (Å²) in [6.07, 6.45) is 1.21. The molecule has 3 heteroatoms. The van der Waals surface area contributed by atoms with Gasteiger partial charge in [0, 0.05) is 32.2 Å². The van der Waals surface area contributed by atoms with E-state index in [0.717, 1.165) is 31.9 Å². The molecule has 17 heavy (non-hydrogen) atoms. The molecule has 94 valence electrons. The maximum Gasteiger partial charge on any atom is 0.119 e. The third-order valence-electron chi connectivity index (χ3n) is 3.46. The van der Waals surface area contributed by atoms with Crippen molar-refractivity contribution in [2.24, 2.45) is 0 Å². The predicted molar refractivity (Wildman–Crippen MR) is 70.4 cm³/mol. The Balaban J connectivity index is 2.02. The zero-order valence-corrected chi connectivity index (χ0v) is 10.8. The molecule has 0 radical (unpaired) electrons. The Bertz CT molecular complexity index is 354. The monoisotopic (exact) mass is 234 g/mol. The summed E-state index contributed by atoms with van der Waals surface area (Å²) in [5.74, 6) is 0.950. The number of piperazine rings is 1. The molecular weight excluding hydrogens is 212 g/mol. The van der Waals surface area contributed by atoms with Gasteiger partial charge in [-0.25, -0.2) is 0 Å². The summed E-state index contributed by atoms with van der Waals surface area (Å²) in [7, 11) is 1.72. The maximum atomic E-state index is 5.27. The molecule has 2 rings (SSSR count). The highest BCUT2D eigenvalue weighted by atomic mass is 16.5. The quantitative estimate of drug-likeness (QED) is 0.861. The van der Waals surface area contributed by atoms with Gasteiger partial charge in [0.25, 0.3) is 0 Å². The number of rotatable bonds is 4. The molecule has 1 unspecified atom stereocenters. The first-order valence-corrected chi connectivity index (χ1v) is 6.41. The van der Waals surface area contributed by atoms with Gasteiger partial charge in [-0.05, 0) is 24.1 Å². The van der Waals surface area contributed by atoms with Crippen molar-refractivity contribution in [2.75, 3.05) is 26.7 Å². The molecule has 0 bridgehead atoms. The van der Waals surface area contributed by atoms with Crippen molar-refractivity contribution < 1.29 is 4.74 Å². The number of methoxy groups -OCH3 is 1. The fourth-order valence-corrected chi connectivity index (χ4v) is 2.42. The van der Waals surface area contributed by atoms with E-state index in [9.17, 15) is 0 Å². The van der Waals surface area contributed by atoms with Crippen molar-refractivity contribution in [1.82, 2.24) is 10.2 Å². The van der Waals surface area contributed by atoms with Crippen LogP contribution in [-0.2, 0) is 6.54 Å². The van der Waals surface area contributed by atoms with Gasteiger partial charge in [-0.3, -0.25) is 4.90 Å². The minimum atomic E-state index is 0.662. The molecule has 1 aromatic carbocycles. The number of hydrogen-bond acceptors (Lipinski definition) is 3. The van der Waals surface area contributed by atoms with Crippen LogP contribution in [0.25, 0.3) is 0 Å². The minimum Gasteiger partial charge on any atom is -0.497 e. The fourth-order valence-electron chi connectivity index (χ4n) is 2.42. The number of benzene rings is 1. The summed E-state index contributed by atoms with van der Waals surface area (Å²) in [5, 5.41) is 3.46. The molecule has 1 aliphatic rings. The average Bonchev–Trinajstić information content (AvgIpc) is 2.39. The van der Waals surface area contributed by atoms with Crippen molar-refractivity contribution in [2.45, 2.75) is 25.9 Å². The Labute approximate surface area is 104 Å². The highest BCUT2D eigenvalue weighted by Crippen LogP contribution is 2.17. The lowest BCUT2D eigenvalue weighted by molar-refractivity contribution is 0.149. The van der Waals surface area contributed by atoms with E-state index in [4.69, 9.17) is 4.74 Å². The van der Waals surface area contributed by atoms with Crippen LogP contribution in [0.4, 0.5) is 0 Å². The van der Waals surface area contributed by atoms with Gasteiger partial charge in [-0.15, -0.1) is 0 Å². The highest BCUT2D eigenvalue weighted by Gasteiger charge is 2.20. The van der Waals surface area contributed by atoms with Gasteiger partial charge < -0.3 is 10.1 Å². The van der Waals surface area contributed by atoms with E-state index in [2.05, 4.69) is 35.3 Å². The molecule has 1 atom stereocenters. The van der Waals surface area contributed by atoms with Gasteiger partial charge >= 0.3 is 0 Å². The van der Waals surface area contributed by atoms with E-state index < -0.39 is 0 Å². The summed E-state index contributed by atoms with van der Waals surface area (Å²) in [5.41, 5.74) is 1.34. The van der Waals surface area contributed by atoms with E-state index in [1.807, 2.05) is 6.07 Å². The van der Waals surface area contributed by atoms with Crippen LogP contribution in [0.3, 0.4) is 0 Å². The van der Waals surface area contributed by atoms with E-state index in [-0.39, 0.29) is 0 Å². The van der Waals surface area contributed by atoms with E-state index in [0.29, 0.717) is 6.04 Å². The Hall–Kier alpha value is -1.06. The van der Waals surface area contributed by atoms with Gasteiger partial charge in [0.05, 0.1) is 7.11 Å². The summed E-state index contributed by atoms with van der Waals surface area (Å²) in [4.78, 5) is 2.56. The molecule has 0 spiro atoms. The standard InChI is InChI=1S/C14H22N2O/c1-3-13-10-15-7-8-16(13)11-12-5-4-6-14(9-12)17-2/h4-6,9,13,15H,3,7-8,10-11H2,1-2H3. The molecule has 3 nitrogen and oxygen atoms in total. The van der Waals surface area contributed by atoms with Crippen LogP contribution in [0.15, 0.2) is 24.3 Å². The highest BCUT2D eigenvalue weighted by molar-refractivity contribution is 5.28. The van der Waals surface area contributed by atoms with Crippen molar-refractivity contribution in [3.05, 3.63) is 29.8 Å². The second-order valence-electron chi connectivity index (χ2n) is 4.59. The second kappa shape index (κ2) is 6.03. The molecule has 1 aliphatic heterocycles. The van der Waals surface area contributed by atoms with E-state index >= 15 is 0 Å². The first-order valence-electron chi connectivity index (χ1n) is 6.41. The molecule has 1 heterocycles. The van der Waals surface area contributed by atoms with Crippen LogP contribution < -0.4 is 10.1 Å². The smallest absolute Gasteiger partial charge is 0.119 e. The van der Waals surface area contributed by atoms with Crippen LogP contribution in [0, 0.1) is 0 Å². The summed E-state index contributed by atoms with van der Waals surface area (Å²) < 4.78 is 5.27. The zero-order chi connectivity index (χ0) is 12.1. The molecule has 1 N–H and O–H groups in total. The molecule has 1 fully saturated rings. The SMILES string of the molecule is CCC1CNCCN1Cc1cccc(OC)c1. The number of nitrogens with zero attached hydrogens (tertiary/aromatic N) is 1. The number of ether oxygens (including phenoxy) is 1. The maximum absolute atomic E-state index is 5.27. The Morgan fingerprint density at radius 3 is 3.12 bits per heavy atom. The molecule has 0 aliphatic carbocycles. The first kappa shape index (κ1) is 12.4. The zero-order valence-electron chi connectivity index (χ0n) is 10.8. The Morgan fingerprint density at radius 2 is 2.35 bits per heavy atom. The van der Waals surface area contributed by atoms with Crippen LogP contribution in [0.1, 0.15) is 18.9 Å². The van der Waals surface area contributed by atoms with Crippen LogP contribution in [-0.4, -0.2) is 37.7 Å². The lowest BCUT2D eigenvalue weighted by atomic mass is 10.1. The number of hydrogen-bond donors (Lipinski definition) is 1. The molecule has 0 amide bonds. The summed E-state index contributed by atoms with van der Waals surface area (Å²) in [6, 6.07) is 9.04. The van der Waals surface area contributed by atoms with Crippen LogP contribution >= 0.6 is 0 Å². The first-order chi connectivity index (χ1) is 8.33. The summed E-state index contributed by atoms with van der Waals surface area (Å²) in [6.45, 7) is 6.63. The van der Waals surface area contributed by atoms with Crippen LogP contribution in [0.2, 0.25) is 0 Å². The van der Waals surface area contributed by atoms with Crippen molar-refractivity contribution in [3.8, 4) is 5.75 Å². The topological polar surface area (TPSA) is 24.5 Å². The third kappa shape index (κ3) is 3.20. The molecule has 0 saturated carbocycles. The van der Waals surface area contributed by atoms with E-state index in [1.165, 1.54) is 12.0 Å². The molecule has 1 saturated heterocycles. The lowest BCUT2D eigenvalue weighted by Gasteiger charge is -2.35. The van der Waals surface area contributed by atoms with Crippen molar-refractivity contribution >= 4 is 0 Å². The minimum absolute atomic E-state index is 0.662. The van der Waals surface area contributed by atoms with Gasteiger partial charge in [-0.2, -0.15) is 0 Å². The van der Waals surface area contributed by atoms with Crippen molar-refractivity contribution in [3.63, 3.8) is 0 Å². The van der Waals surface area contributed by atoms with E-state index in [1.54, 1.807) is 7.11 Å². The average molecular weight is 234 g/mol.